The van der Waals surface area contributed by atoms with Crippen LogP contribution in [-0.2, 0) is 4.74 Å². The normalized spacial score (nSPS) is 21.9. The zero-order chi connectivity index (χ0) is 11.0. The van der Waals surface area contributed by atoms with Crippen LogP contribution in [0.1, 0.15) is 12.8 Å². The number of halogens is 6. The van der Waals surface area contributed by atoms with Crippen molar-refractivity contribution >= 4 is 0 Å². The summed E-state index contributed by atoms with van der Waals surface area (Å²) >= 11 is 0. The van der Waals surface area contributed by atoms with Gasteiger partial charge in [0.25, 0.3) is 5.60 Å². The molecule has 14 heavy (non-hydrogen) atoms. The van der Waals surface area contributed by atoms with Crippen LogP contribution in [0.2, 0.25) is 0 Å². The molecule has 0 saturated carbocycles. The molecule has 7 heteroatoms. The molecule has 0 saturated heterocycles. The molecule has 82 valence electrons. The highest BCUT2D eigenvalue weighted by Crippen LogP contribution is 2.49. The summed E-state index contributed by atoms with van der Waals surface area (Å²) < 4.78 is 77.0. The van der Waals surface area contributed by atoms with Crippen molar-refractivity contribution in [1.82, 2.24) is 0 Å². The van der Waals surface area contributed by atoms with Gasteiger partial charge in [-0.1, -0.05) is 0 Å². The van der Waals surface area contributed by atoms with E-state index in [4.69, 9.17) is 0 Å². The highest BCUT2D eigenvalue weighted by Gasteiger charge is 2.73. The Balaban J connectivity index is 3.09. The summed E-state index contributed by atoms with van der Waals surface area (Å²) in [7, 11) is 0. The standard InChI is InChI=1S/C7H6F6O/c8-6(9,10)5(7(11,12)13)3-1-2-4-14-5/h2,4H,1,3H2. The van der Waals surface area contributed by atoms with Crippen LogP contribution in [0, 0.1) is 0 Å². The van der Waals surface area contributed by atoms with Gasteiger partial charge >= 0.3 is 12.4 Å². The number of rotatable bonds is 0. The topological polar surface area (TPSA) is 9.23 Å². The van der Waals surface area contributed by atoms with Gasteiger partial charge in [0.2, 0.25) is 0 Å². The lowest BCUT2D eigenvalue weighted by Gasteiger charge is -2.37. The fourth-order valence-corrected chi connectivity index (χ4v) is 1.16. The first-order chi connectivity index (χ1) is 6.21. The van der Waals surface area contributed by atoms with Gasteiger partial charge in [0, 0.05) is 6.42 Å². The first kappa shape index (κ1) is 11.2. The van der Waals surface area contributed by atoms with Gasteiger partial charge in [-0.05, 0) is 12.5 Å². The second-order valence-electron chi connectivity index (χ2n) is 2.85. The van der Waals surface area contributed by atoms with Crippen LogP contribution in [0.25, 0.3) is 0 Å². The van der Waals surface area contributed by atoms with Crippen molar-refractivity contribution in [3.63, 3.8) is 0 Å². The Hall–Kier alpha value is -0.880. The third-order valence-electron chi connectivity index (χ3n) is 1.94. The molecule has 0 N–H and O–H groups in total. The van der Waals surface area contributed by atoms with Crippen LogP contribution in [0.5, 0.6) is 0 Å². The Morgan fingerprint density at radius 3 is 1.71 bits per heavy atom. The Morgan fingerprint density at radius 2 is 1.50 bits per heavy atom. The summed E-state index contributed by atoms with van der Waals surface area (Å²) in [6, 6.07) is 0. The van der Waals surface area contributed by atoms with Crippen LogP contribution in [0.15, 0.2) is 12.3 Å². The van der Waals surface area contributed by atoms with E-state index in [2.05, 4.69) is 4.74 Å². The number of hydrogen-bond donors (Lipinski definition) is 0. The average molecular weight is 220 g/mol. The Morgan fingerprint density at radius 1 is 1.00 bits per heavy atom. The molecule has 0 atom stereocenters. The second kappa shape index (κ2) is 3.06. The highest BCUT2D eigenvalue weighted by atomic mass is 19.4. The van der Waals surface area contributed by atoms with Gasteiger partial charge in [-0.25, -0.2) is 0 Å². The van der Waals surface area contributed by atoms with E-state index >= 15 is 0 Å². The van der Waals surface area contributed by atoms with Gasteiger partial charge in [0.05, 0.1) is 6.26 Å². The molecule has 0 spiro atoms. The molecule has 0 fully saturated rings. The van der Waals surface area contributed by atoms with Crippen LogP contribution in [-0.4, -0.2) is 18.0 Å². The molecule has 1 nitrogen and oxygen atoms in total. The van der Waals surface area contributed by atoms with E-state index in [0.29, 0.717) is 6.26 Å². The number of allylic oxidation sites excluding steroid dienone is 1. The lowest BCUT2D eigenvalue weighted by Crippen LogP contribution is -2.58. The highest BCUT2D eigenvalue weighted by molar-refractivity contribution is 5.02. The molecule has 0 aromatic rings. The van der Waals surface area contributed by atoms with E-state index in [9.17, 15) is 26.3 Å². The molecule has 0 aromatic heterocycles. The predicted molar refractivity (Wildman–Crippen MR) is 34.3 cm³/mol. The van der Waals surface area contributed by atoms with Gasteiger partial charge in [0.1, 0.15) is 0 Å². The Labute approximate surface area is 75.3 Å². The molecule has 0 aliphatic carbocycles. The third-order valence-corrected chi connectivity index (χ3v) is 1.94. The van der Waals surface area contributed by atoms with Crippen molar-refractivity contribution in [2.24, 2.45) is 0 Å². The van der Waals surface area contributed by atoms with Gasteiger partial charge in [-0.2, -0.15) is 26.3 Å². The fourth-order valence-electron chi connectivity index (χ4n) is 1.16. The largest absolute Gasteiger partial charge is 0.477 e. The summed E-state index contributed by atoms with van der Waals surface area (Å²) in [4.78, 5) is 0. The number of alkyl halides is 6. The van der Waals surface area contributed by atoms with Crippen molar-refractivity contribution in [2.75, 3.05) is 0 Å². The van der Waals surface area contributed by atoms with E-state index in [1.54, 1.807) is 0 Å². The van der Waals surface area contributed by atoms with Crippen molar-refractivity contribution in [3.05, 3.63) is 12.3 Å². The maximum absolute atomic E-state index is 12.2. The van der Waals surface area contributed by atoms with Crippen molar-refractivity contribution in [3.8, 4) is 0 Å². The smallest absolute Gasteiger partial charge is 0.437 e. The first-order valence-corrected chi connectivity index (χ1v) is 3.67. The van der Waals surface area contributed by atoms with Gasteiger partial charge in [0.15, 0.2) is 0 Å². The third kappa shape index (κ3) is 1.55. The molecule has 0 radical (unpaired) electrons. The van der Waals surface area contributed by atoms with E-state index in [1.165, 1.54) is 0 Å². The van der Waals surface area contributed by atoms with Crippen LogP contribution >= 0.6 is 0 Å². The van der Waals surface area contributed by atoms with E-state index in [0.717, 1.165) is 6.08 Å². The van der Waals surface area contributed by atoms with Crippen molar-refractivity contribution in [2.45, 2.75) is 30.8 Å². The van der Waals surface area contributed by atoms with Gasteiger partial charge in [-0.3, -0.25) is 0 Å². The molecule has 0 amide bonds. The van der Waals surface area contributed by atoms with Gasteiger partial charge in [-0.15, -0.1) is 0 Å². The maximum Gasteiger partial charge on any atom is 0.437 e. The molecule has 0 bridgehead atoms. The van der Waals surface area contributed by atoms with Crippen molar-refractivity contribution < 1.29 is 31.1 Å². The van der Waals surface area contributed by atoms with Crippen molar-refractivity contribution in [1.29, 1.82) is 0 Å². The van der Waals surface area contributed by atoms with Crippen LogP contribution in [0.4, 0.5) is 26.3 Å². The fraction of sp³-hybridized carbons (Fsp3) is 0.714. The second-order valence-corrected chi connectivity index (χ2v) is 2.85. The quantitative estimate of drug-likeness (QED) is 0.569. The molecular formula is C7H6F6O. The maximum atomic E-state index is 12.2. The van der Waals surface area contributed by atoms with Crippen LogP contribution < -0.4 is 0 Å². The first-order valence-electron chi connectivity index (χ1n) is 3.67. The van der Waals surface area contributed by atoms with E-state index in [1.807, 2.05) is 0 Å². The minimum Gasteiger partial charge on any atom is -0.477 e. The minimum atomic E-state index is -5.45. The molecule has 0 aromatic carbocycles. The molecule has 1 heterocycles. The molecule has 1 aliphatic rings. The molecule has 0 unspecified atom stereocenters. The number of ether oxygens (including phenoxy) is 1. The summed E-state index contributed by atoms with van der Waals surface area (Å²) in [5.74, 6) is 0. The van der Waals surface area contributed by atoms with E-state index < -0.39 is 24.4 Å². The minimum absolute atomic E-state index is 0.307. The van der Waals surface area contributed by atoms with Crippen LogP contribution in [0.3, 0.4) is 0 Å². The summed E-state index contributed by atoms with van der Waals surface area (Å²) in [6.07, 6.45) is -10.8. The zero-order valence-electron chi connectivity index (χ0n) is 6.74. The Bertz CT molecular complexity index is 224. The monoisotopic (exact) mass is 220 g/mol. The average Bonchev–Trinajstić information content (AvgIpc) is 2.02. The molecule has 1 rings (SSSR count). The summed E-state index contributed by atoms with van der Waals surface area (Å²) in [6.45, 7) is 0. The lowest BCUT2D eigenvalue weighted by atomic mass is 9.94. The lowest BCUT2D eigenvalue weighted by molar-refractivity contribution is -0.372. The zero-order valence-corrected chi connectivity index (χ0v) is 6.74. The van der Waals surface area contributed by atoms with E-state index in [-0.39, 0.29) is 6.42 Å². The number of hydrogen-bond acceptors (Lipinski definition) is 1. The summed E-state index contributed by atoms with van der Waals surface area (Å²) in [5, 5.41) is 0. The SMILES string of the molecule is FC(F)(F)C1(C(F)(F)F)CCC=CO1. The Kier molecular flexibility index (Phi) is 2.45. The molecular weight excluding hydrogens is 214 g/mol. The summed E-state index contributed by atoms with van der Waals surface area (Å²) in [5.41, 5.74) is -4.03. The predicted octanol–water partition coefficient (Wildman–Crippen LogP) is 3.17. The molecule has 1 aliphatic heterocycles. The van der Waals surface area contributed by atoms with Gasteiger partial charge < -0.3 is 4.74 Å².